The Morgan fingerprint density at radius 1 is 1.00 bits per heavy atom. The number of hydrogen-bond donors (Lipinski definition) is 4. The van der Waals surface area contributed by atoms with Gasteiger partial charge in [0, 0.05) is 24.6 Å². The summed E-state index contributed by atoms with van der Waals surface area (Å²) in [5, 5.41) is 11.1. The molecule has 4 amide bonds. The molecule has 5 atom stereocenters. The number of benzene rings is 1. The second kappa shape index (κ2) is 18.1. The van der Waals surface area contributed by atoms with Crippen LogP contribution in [-0.4, -0.2) is 72.8 Å². The van der Waals surface area contributed by atoms with Gasteiger partial charge >= 0.3 is 12.1 Å². The van der Waals surface area contributed by atoms with Gasteiger partial charge in [0.25, 0.3) is 0 Å². The predicted molar refractivity (Wildman–Crippen MR) is 169 cm³/mol. The minimum atomic E-state index is -1.18. The highest BCUT2D eigenvalue weighted by atomic mass is 16.6. The zero-order valence-electron chi connectivity index (χ0n) is 27.5. The molecule has 1 unspecified atom stereocenters. The summed E-state index contributed by atoms with van der Waals surface area (Å²) in [5.41, 5.74) is 0.149. The summed E-state index contributed by atoms with van der Waals surface area (Å²) >= 11 is 0. The monoisotopic (exact) mass is 630 g/mol. The first-order chi connectivity index (χ1) is 21.2. The maximum absolute atomic E-state index is 13.7. The van der Waals surface area contributed by atoms with Gasteiger partial charge in [-0.1, -0.05) is 50.3 Å². The average Bonchev–Trinajstić information content (AvgIpc) is 3.36. The van der Waals surface area contributed by atoms with Crippen LogP contribution in [0.25, 0.3) is 0 Å². The van der Waals surface area contributed by atoms with Gasteiger partial charge in [-0.05, 0) is 65.4 Å². The topological polar surface area (TPSA) is 161 Å². The van der Waals surface area contributed by atoms with E-state index in [1.54, 1.807) is 13.8 Å². The van der Waals surface area contributed by atoms with E-state index >= 15 is 0 Å². The van der Waals surface area contributed by atoms with Crippen LogP contribution >= 0.6 is 0 Å². The molecule has 1 saturated heterocycles. The molecule has 0 spiro atoms. The van der Waals surface area contributed by atoms with Gasteiger partial charge in [-0.3, -0.25) is 14.4 Å². The van der Waals surface area contributed by atoms with Crippen LogP contribution in [0, 0.1) is 11.8 Å². The Labute approximate surface area is 266 Å². The predicted octanol–water partition coefficient (Wildman–Crippen LogP) is 3.15. The minimum absolute atomic E-state index is 0.00756. The van der Waals surface area contributed by atoms with Crippen LogP contribution in [0.15, 0.2) is 42.5 Å². The van der Waals surface area contributed by atoms with Crippen molar-refractivity contribution in [3.63, 3.8) is 0 Å². The van der Waals surface area contributed by atoms with Gasteiger partial charge in [0.1, 0.15) is 18.7 Å². The van der Waals surface area contributed by atoms with Crippen LogP contribution in [0.4, 0.5) is 4.79 Å². The Kier molecular flexibility index (Phi) is 15.0. The Morgan fingerprint density at radius 3 is 2.27 bits per heavy atom. The zero-order valence-corrected chi connectivity index (χ0v) is 27.5. The molecule has 12 nitrogen and oxygen atoms in total. The van der Waals surface area contributed by atoms with E-state index in [-0.39, 0.29) is 43.8 Å². The van der Waals surface area contributed by atoms with Crippen molar-refractivity contribution in [2.24, 2.45) is 11.8 Å². The molecule has 1 fully saturated rings. The Morgan fingerprint density at radius 2 is 1.69 bits per heavy atom. The number of carbonyl (C=O) groups excluding carboxylic acids is 5. The first kappa shape index (κ1) is 37.3. The van der Waals surface area contributed by atoms with E-state index in [0.717, 1.165) is 5.56 Å². The highest BCUT2D eigenvalue weighted by molar-refractivity contribution is 5.92. The number of amides is 4. The van der Waals surface area contributed by atoms with E-state index in [4.69, 9.17) is 14.2 Å². The van der Waals surface area contributed by atoms with E-state index < -0.39 is 53.7 Å². The molecule has 0 aromatic heterocycles. The third kappa shape index (κ3) is 14.1. The lowest BCUT2D eigenvalue weighted by Gasteiger charge is -2.32. The van der Waals surface area contributed by atoms with Gasteiger partial charge in [0.2, 0.25) is 17.7 Å². The van der Waals surface area contributed by atoms with E-state index in [9.17, 15) is 24.0 Å². The van der Waals surface area contributed by atoms with Gasteiger partial charge in [-0.15, -0.1) is 0 Å². The maximum Gasteiger partial charge on any atom is 0.408 e. The fraction of sp³-hybridized carbons (Fsp3) is 0.606. The summed E-state index contributed by atoms with van der Waals surface area (Å²) < 4.78 is 16.3. The first-order valence-corrected chi connectivity index (χ1v) is 15.6. The molecule has 0 aliphatic carbocycles. The van der Waals surface area contributed by atoms with Gasteiger partial charge in [0.15, 0.2) is 0 Å². The summed E-state index contributed by atoms with van der Waals surface area (Å²) in [6.07, 6.45) is 2.29. The van der Waals surface area contributed by atoms with Gasteiger partial charge in [-0.25, -0.2) is 9.59 Å². The zero-order chi connectivity index (χ0) is 33.6. The lowest BCUT2D eigenvalue weighted by molar-refractivity contribution is -0.137. The number of ether oxygens (including phenoxy) is 3. The van der Waals surface area contributed by atoms with E-state index in [0.29, 0.717) is 13.0 Å². The van der Waals surface area contributed by atoms with Crippen LogP contribution in [0.3, 0.4) is 0 Å². The fourth-order valence-corrected chi connectivity index (χ4v) is 4.91. The van der Waals surface area contributed by atoms with Crippen molar-refractivity contribution in [1.29, 1.82) is 0 Å². The van der Waals surface area contributed by atoms with Gasteiger partial charge in [-0.2, -0.15) is 0 Å². The number of esters is 1. The largest absolute Gasteiger partial charge is 0.463 e. The van der Waals surface area contributed by atoms with Crippen LogP contribution in [-0.2, 0) is 40.0 Å². The summed E-state index contributed by atoms with van der Waals surface area (Å²) in [5.74, 6) is -2.14. The Bertz CT molecular complexity index is 1160. The molecule has 1 aliphatic heterocycles. The van der Waals surface area contributed by atoms with E-state index in [1.807, 2.05) is 65.0 Å². The molecule has 0 saturated carbocycles. The minimum Gasteiger partial charge on any atom is -0.463 e. The first-order valence-electron chi connectivity index (χ1n) is 15.6. The highest BCUT2D eigenvalue weighted by Crippen LogP contribution is 2.18. The van der Waals surface area contributed by atoms with E-state index in [1.165, 1.54) is 12.2 Å². The molecule has 0 radical (unpaired) electrons. The third-order valence-corrected chi connectivity index (χ3v) is 6.90. The molecule has 1 aliphatic rings. The van der Waals surface area contributed by atoms with Crippen molar-refractivity contribution in [3.05, 3.63) is 48.0 Å². The lowest BCUT2D eigenvalue weighted by Crippen LogP contribution is -2.59. The second-order valence-electron chi connectivity index (χ2n) is 12.5. The number of carbonyl (C=O) groups is 5. The van der Waals surface area contributed by atoms with Crippen LogP contribution in [0.2, 0.25) is 0 Å². The highest BCUT2D eigenvalue weighted by Gasteiger charge is 2.35. The lowest BCUT2D eigenvalue weighted by atomic mass is 9.96. The summed E-state index contributed by atoms with van der Waals surface area (Å²) in [4.78, 5) is 64.4. The SMILES string of the molecule is CCOC(=O)/C=C/[C@@H](C[C@H]1CCNC1=O)NC(=O)[C@@H](CC(C)C)NC(=O)[C@H](NC(=O)OCc1ccccc1)C(C)OC(C)(C)C. The molecular formula is C33H50N4O8. The molecule has 2 rings (SSSR count). The van der Waals surface area contributed by atoms with Crippen molar-refractivity contribution in [3.8, 4) is 0 Å². The van der Waals surface area contributed by atoms with Crippen molar-refractivity contribution in [2.75, 3.05) is 13.2 Å². The fourth-order valence-electron chi connectivity index (χ4n) is 4.91. The molecule has 250 valence electrons. The summed E-state index contributed by atoms with van der Waals surface area (Å²) in [6.45, 7) is 13.4. The third-order valence-electron chi connectivity index (χ3n) is 6.90. The van der Waals surface area contributed by atoms with Crippen molar-refractivity contribution in [2.45, 2.75) is 104 Å². The van der Waals surface area contributed by atoms with Crippen LogP contribution in [0.1, 0.15) is 73.3 Å². The molecule has 1 aromatic carbocycles. The van der Waals surface area contributed by atoms with Crippen LogP contribution in [0.5, 0.6) is 0 Å². The molecule has 1 heterocycles. The van der Waals surface area contributed by atoms with Gasteiger partial charge < -0.3 is 35.5 Å². The number of alkyl carbamates (subject to hydrolysis) is 1. The molecule has 45 heavy (non-hydrogen) atoms. The summed E-state index contributed by atoms with van der Waals surface area (Å²) in [7, 11) is 0. The average molecular weight is 631 g/mol. The molecule has 12 heteroatoms. The number of hydrogen-bond acceptors (Lipinski definition) is 8. The van der Waals surface area contributed by atoms with E-state index in [2.05, 4.69) is 21.3 Å². The smallest absolute Gasteiger partial charge is 0.408 e. The quantitative estimate of drug-likeness (QED) is 0.160. The van der Waals surface area contributed by atoms with Crippen molar-refractivity contribution in [1.82, 2.24) is 21.3 Å². The van der Waals surface area contributed by atoms with Crippen LogP contribution < -0.4 is 21.3 Å². The Balaban J connectivity index is 2.22. The second-order valence-corrected chi connectivity index (χ2v) is 12.5. The molecule has 4 N–H and O–H groups in total. The molecular weight excluding hydrogens is 580 g/mol. The standard InChI is InChI=1S/C33H50N4O8/c1-8-43-27(38)15-14-25(19-24-16-17-34-29(24)39)35-30(40)26(18-21(2)3)36-31(41)28(22(4)45-33(5,6)7)37-32(42)44-20-23-12-10-9-11-13-23/h9-15,21-22,24-26,28H,8,16-20H2,1-7H3,(H,34,39)(H,35,40)(H,36,41)(H,37,42)/b15-14+/t22?,24-,25+,26-,28-/m1/s1. The van der Waals surface area contributed by atoms with Crippen molar-refractivity contribution < 1.29 is 38.2 Å². The van der Waals surface area contributed by atoms with Crippen molar-refractivity contribution >= 4 is 29.8 Å². The normalized spacial score (nSPS) is 17.6. The number of nitrogens with one attached hydrogen (secondary N) is 4. The van der Waals surface area contributed by atoms with Gasteiger partial charge in [0.05, 0.1) is 18.3 Å². The molecule has 1 aromatic rings. The number of rotatable bonds is 16. The maximum atomic E-state index is 13.7. The Hall–Kier alpha value is -3.93. The molecule has 0 bridgehead atoms. The summed E-state index contributed by atoms with van der Waals surface area (Å²) in [6, 6.07) is 6.28.